The number of thiocarbonyl (C=S) groups is 1. The predicted octanol–water partition coefficient (Wildman–Crippen LogP) is 5.17. The fourth-order valence-electron chi connectivity index (χ4n) is 3.28. The summed E-state index contributed by atoms with van der Waals surface area (Å²) in [7, 11) is 1.36. The smallest absolute Gasteiger partial charge is 0.337 e. The van der Waals surface area contributed by atoms with Gasteiger partial charge in [-0.2, -0.15) is 0 Å². The van der Waals surface area contributed by atoms with Crippen molar-refractivity contribution in [3.05, 3.63) is 101 Å². The molecule has 0 radical (unpaired) electrons. The number of rotatable bonds is 5. The molecule has 4 nitrogen and oxygen atoms in total. The molecule has 0 aromatic heterocycles. The van der Waals surface area contributed by atoms with Crippen LogP contribution in [-0.2, 0) is 4.74 Å². The van der Waals surface area contributed by atoms with E-state index in [2.05, 4.69) is 54.8 Å². The molecule has 0 aliphatic heterocycles. The average molecular weight is 405 g/mol. The number of hydrogen-bond donors (Lipinski definition) is 2. The highest BCUT2D eigenvalue weighted by Gasteiger charge is 2.17. The number of methoxy groups -OCH3 is 1. The molecule has 29 heavy (non-hydrogen) atoms. The molecular weight excluding hydrogens is 380 g/mol. The van der Waals surface area contributed by atoms with Crippen LogP contribution in [0.25, 0.3) is 0 Å². The molecule has 0 saturated carbocycles. The van der Waals surface area contributed by atoms with Gasteiger partial charge < -0.3 is 15.4 Å². The van der Waals surface area contributed by atoms with Gasteiger partial charge in [-0.15, -0.1) is 0 Å². The second-order valence-electron chi connectivity index (χ2n) is 6.87. The summed E-state index contributed by atoms with van der Waals surface area (Å²) in [5.41, 5.74) is 5.88. The predicted molar refractivity (Wildman–Crippen MR) is 121 cm³/mol. The van der Waals surface area contributed by atoms with Gasteiger partial charge in [0, 0.05) is 5.69 Å². The summed E-state index contributed by atoms with van der Waals surface area (Å²) in [6.07, 6.45) is 0. The van der Waals surface area contributed by atoms with Gasteiger partial charge in [-0.25, -0.2) is 4.79 Å². The molecule has 0 fully saturated rings. The van der Waals surface area contributed by atoms with Crippen LogP contribution in [0.2, 0.25) is 0 Å². The van der Waals surface area contributed by atoms with Crippen molar-refractivity contribution < 1.29 is 9.53 Å². The number of anilines is 1. The molecule has 2 N–H and O–H groups in total. The SMILES string of the molecule is COC(=O)c1cccc(NC(=S)NC(c2ccccc2)c2ccc(C)cc2C)c1. The maximum absolute atomic E-state index is 11.8. The Kier molecular flexibility index (Phi) is 6.62. The summed E-state index contributed by atoms with van der Waals surface area (Å²) in [6, 6.07) is 23.6. The van der Waals surface area contributed by atoms with Gasteiger partial charge in [0.2, 0.25) is 0 Å². The van der Waals surface area contributed by atoms with Crippen molar-refractivity contribution in [3.63, 3.8) is 0 Å². The third kappa shape index (κ3) is 5.21. The lowest BCUT2D eigenvalue weighted by Crippen LogP contribution is -2.33. The maximum atomic E-state index is 11.8. The molecule has 0 aliphatic rings. The number of hydrogen-bond acceptors (Lipinski definition) is 3. The minimum atomic E-state index is -0.384. The van der Waals surface area contributed by atoms with Crippen molar-refractivity contribution in [3.8, 4) is 0 Å². The second kappa shape index (κ2) is 9.34. The quantitative estimate of drug-likeness (QED) is 0.454. The number of esters is 1. The van der Waals surface area contributed by atoms with Crippen molar-refractivity contribution in [1.82, 2.24) is 5.32 Å². The summed E-state index contributed by atoms with van der Waals surface area (Å²) in [4.78, 5) is 11.8. The largest absolute Gasteiger partial charge is 0.465 e. The Morgan fingerprint density at radius 1 is 0.966 bits per heavy atom. The number of ether oxygens (including phenoxy) is 1. The first-order valence-electron chi connectivity index (χ1n) is 9.36. The van der Waals surface area contributed by atoms with Gasteiger partial charge in [-0.1, -0.05) is 60.2 Å². The highest BCUT2D eigenvalue weighted by atomic mass is 32.1. The van der Waals surface area contributed by atoms with Crippen molar-refractivity contribution in [2.24, 2.45) is 0 Å². The lowest BCUT2D eigenvalue weighted by Gasteiger charge is -2.24. The zero-order valence-corrected chi connectivity index (χ0v) is 17.5. The van der Waals surface area contributed by atoms with E-state index >= 15 is 0 Å². The molecule has 1 unspecified atom stereocenters. The normalized spacial score (nSPS) is 11.4. The van der Waals surface area contributed by atoms with E-state index in [1.807, 2.05) is 24.3 Å². The minimum absolute atomic E-state index is 0.0967. The Hall–Kier alpha value is -3.18. The lowest BCUT2D eigenvalue weighted by atomic mass is 9.94. The number of benzene rings is 3. The Balaban J connectivity index is 1.85. The molecule has 0 saturated heterocycles. The van der Waals surface area contributed by atoms with Gasteiger partial charge in [0.05, 0.1) is 18.7 Å². The average Bonchev–Trinajstić information content (AvgIpc) is 2.72. The molecule has 0 aliphatic carbocycles. The van der Waals surface area contributed by atoms with E-state index < -0.39 is 0 Å². The molecule has 1 atom stereocenters. The van der Waals surface area contributed by atoms with E-state index in [9.17, 15) is 4.79 Å². The monoisotopic (exact) mass is 404 g/mol. The Morgan fingerprint density at radius 3 is 2.41 bits per heavy atom. The first kappa shape index (κ1) is 20.6. The van der Waals surface area contributed by atoms with Crippen LogP contribution in [0.3, 0.4) is 0 Å². The summed E-state index contributed by atoms with van der Waals surface area (Å²) < 4.78 is 4.78. The molecule has 148 valence electrons. The van der Waals surface area contributed by atoms with Crippen LogP contribution in [0, 0.1) is 13.8 Å². The fourth-order valence-corrected chi connectivity index (χ4v) is 3.51. The molecule has 3 rings (SSSR count). The minimum Gasteiger partial charge on any atom is -0.465 e. The summed E-state index contributed by atoms with van der Waals surface area (Å²) in [6.45, 7) is 4.19. The van der Waals surface area contributed by atoms with Crippen LogP contribution >= 0.6 is 12.2 Å². The van der Waals surface area contributed by atoms with Gasteiger partial charge in [-0.3, -0.25) is 0 Å². The third-order valence-electron chi connectivity index (χ3n) is 4.69. The zero-order chi connectivity index (χ0) is 20.8. The van der Waals surface area contributed by atoms with Gasteiger partial charge in [-0.05, 0) is 61.0 Å². The van der Waals surface area contributed by atoms with Crippen LogP contribution in [-0.4, -0.2) is 18.2 Å². The van der Waals surface area contributed by atoms with Gasteiger partial charge in [0.15, 0.2) is 5.11 Å². The van der Waals surface area contributed by atoms with Gasteiger partial charge >= 0.3 is 5.97 Å². The van der Waals surface area contributed by atoms with E-state index in [1.54, 1.807) is 18.2 Å². The van der Waals surface area contributed by atoms with Crippen LogP contribution < -0.4 is 10.6 Å². The molecule has 0 amide bonds. The number of carbonyl (C=O) groups is 1. The van der Waals surface area contributed by atoms with Crippen LogP contribution in [0.1, 0.15) is 38.7 Å². The molecule has 0 spiro atoms. The highest BCUT2D eigenvalue weighted by molar-refractivity contribution is 7.80. The second-order valence-corrected chi connectivity index (χ2v) is 7.28. The number of carbonyl (C=O) groups excluding carboxylic acids is 1. The Labute approximate surface area is 176 Å². The van der Waals surface area contributed by atoms with Gasteiger partial charge in [0.1, 0.15) is 0 Å². The fraction of sp³-hybridized carbons (Fsp3) is 0.167. The highest BCUT2D eigenvalue weighted by Crippen LogP contribution is 2.26. The summed E-state index contributed by atoms with van der Waals surface area (Å²) in [5.74, 6) is -0.384. The van der Waals surface area contributed by atoms with E-state index in [0.717, 1.165) is 16.8 Å². The summed E-state index contributed by atoms with van der Waals surface area (Å²) >= 11 is 5.58. The summed E-state index contributed by atoms with van der Waals surface area (Å²) in [5, 5.41) is 7.07. The van der Waals surface area contributed by atoms with E-state index in [-0.39, 0.29) is 12.0 Å². The lowest BCUT2D eigenvalue weighted by molar-refractivity contribution is 0.0601. The standard InChI is InChI=1S/C24H24N2O2S/c1-16-12-13-21(17(2)14-16)22(18-8-5-4-6-9-18)26-24(29)25-20-11-7-10-19(15-20)23(27)28-3/h4-15,22H,1-3H3,(H2,25,26,29). The Morgan fingerprint density at radius 2 is 1.72 bits per heavy atom. The third-order valence-corrected chi connectivity index (χ3v) is 4.91. The molecule has 5 heteroatoms. The number of aryl methyl sites for hydroxylation is 2. The first-order valence-corrected chi connectivity index (χ1v) is 9.76. The zero-order valence-electron chi connectivity index (χ0n) is 16.7. The van der Waals surface area contributed by atoms with Crippen LogP contribution in [0.15, 0.2) is 72.8 Å². The number of nitrogens with one attached hydrogen (secondary N) is 2. The molecule has 0 bridgehead atoms. The van der Waals surface area contributed by atoms with Crippen molar-refractivity contribution >= 4 is 29.0 Å². The van der Waals surface area contributed by atoms with Crippen LogP contribution in [0.4, 0.5) is 5.69 Å². The van der Waals surface area contributed by atoms with Crippen molar-refractivity contribution in [1.29, 1.82) is 0 Å². The van der Waals surface area contributed by atoms with Crippen molar-refractivity contribution in [2.75, 3.05) is 12.4 Å². The Bertz CT molecular complexity index is 1020. The first-order chi connectivity index (χ1) is 14.0. The van der Waals surface area contributed by atoms with Crippen molar-refractivity contribution in [2.45, 2.75) is 19.9 Å². The molecule has 3 aromatic rings. The van der Waals surface area contributed by atoms with Gasteiger partial charge in [0.25, 0.3) is 0 Å². The topological polar surface area (TPSA) is 50.4 Å². The maximum Gasteiger partial charge on any atom is 0.337 e. The molecular formula is C24H24N2O2S. The van der Waals surface area contributed by atoms with Crippen LogP contribution in [0.5, 0.6) is 0 Å². The molecule has 3 aromatic carbocycles. The van der Waals surface area contributed by atoms with E-state index in [4.69, 9.17) is 17.0 Å². The van der Waals surface area contributed by atoms with E-state index in [1.165, 1.54) is 18.2 Å². The molecule has 0 heterocycles. The van der Waals surface area contributed by atoms with E-state index in [0.29, 0.717) is 10.7 Å².